The molecule has 1 atom stereocenters. The molecule has 14 heteroatoms. The molecule has 3 N–H and O–H groups in total. The molecule has 0 fully saturated rings. The predicted molar refractivity (Wildman–Crippen MR) is 65.8 cm³/mol. The molecule has 0 aromatic heterocycles. The van der Waals surface area contributed by atoms with Gasteiger partial charge in [-0.15, -0.1) is 6.58 Å². The molecule has 1 unspecified atom stereocenters. The van der Waals surface area contributed by atoms with Gasteiger partial charge < -0.3 is 5.73 Å². The van der Waals surface area contributed by atoms with Crippen LogP contribution in [-0.4, -0.2) is 48.7 Å². The van der Waals surface area contributed by atoms with E-state index >= 15 is 0 Å². The highest BCUT2D eigenvalue weighted by molar-refractivity contribution is 7.87. The van der Waals surface area contributed by atoms with Crippen molar-refractivity contribution in [3.63, 3.8) is 0 Å². The van der Waals surface area contributed by atoms with Crippen molar-refractivity contribution in [2.24, 2.45) is 5.73 Å². The lowest BCUT2D eigenvalue weighted by molar-refractivity contribution is -0.359. The molecule has 0 radical (unpaired) electrons. The molecule has 0 spiro atoms. The maximum absolute atomic E-state index is 12.8. The van der Waals surface area contributed by atoms with E-state index in [-0.39, 0.29) is 0 Å². The normalized spacial score (nSPS) is 15.3. The lowest BCUT2D eigenvalue weighted by atomic mass is 9.99. The Labute approximate surface area is 131 Å². The minimum atomic E-state index is -7.25. The Kier molecular flexibility index (Phi) is 8.31. The summed E-state index contributed by atoms with van der Waals surface area (Å²) in [7, 11) is -7.16. The first-order valence-electron chi connectivity index (χ1n) is 5.83. The first kappa shape index (κ1) is 25.2. The van der Waals surface area contributed by atoms with Gasteiger partial charge in [0.25, 0.3) is 0 Å². The first-order chi connectivity index (χ1) is 10.4. The number of hydrogen-bond acceptors (Lipinski definition) is 3. The summed E-state index contributed by atoms with van der Waals surface area (Å²) in [5.74, 6) is -20.6. The van der Waals surface area contributed by atoms with Gasteiger partial charge in [-0.05, 0) is 6.42 Å². The van der Waals surface area contributed by atoms with Gasteiger partial charge in [-0.1, -0.05) is 13.0 Å². The van der Waals surface area contributed by atoms with Crippen LogP contribution in [0.15, 0.2) is 12.7 Å². The smallest absolute Gasteiger partial charge is 0.327 e. The monoisotopic (exact) mass is 399 g/mol. The van der Waals surface area contributed by atoms with Gasteiger partial charge in [0.05, 0.1) is 0 Å². The Balaban J connectivity index is 0. The van der Waals surface area contributed by atoms with E-state index in [1.807, 2.05) is 0 Å². The highest BCUT2D eigenvalue weighted by atomic mass is 32.2. The summed E-state index contributed by atoms with van der Waals surface area (Å²) in [5, 5.41) is -6.94. The Hall–Kier alpha value is -1.02. The van der Waals surface area contributed by atoms with Crippen molar-refractivity contribution in [1.82, 2.24) is 0 Å². The SMILES string of the molecule is C=CCN.CCC(F)C(F)(F)C(F)(F)C(F)(F)C(F)(F)S(=O)(=O)O. The van der Waals surface area contributed by atoms with Crippen LogP contribution in [-0.2, 0) is 10.1 Å². The van der Waals surface area contributed by atoms with E-state index in [0.29, 0.717) is 13.5 Å². The highest BCUT2D eigenvalue weighted by Gasteiger charge is 2.85. The van der Waals surface area contributed by atoms with Crippen molar-refractivity contribution in [2.45, 2.75) is 42.5 Å². The zero-order valence-corrected chi connectivity index (χ0v) is 12.7. The maximum atomic E-state index is 12.8. The highest BCUT2D eigenvalue weighted by Crippen LogP contribution is 2.55. The molecule has 146 valence electrons. The molecule has 0 bridgehead atoms. The summed E-state index contributed by atoms with van der Waals surface area (Å²) < 4.78 is 142. The Morgan fingerprint density at radius 3 is 1.62 bits per heavy atom. The summed E-state index contributed by atoms with van der Waals surface area (Å²) >= 11 is 0. The van der Waals surface area contributed by atoms with Gasteiger partial charge in [0, 0.05) is 6.54 Å². The van der Waals surface area contributed by atoms with Gasteiger partial charge in [-0.25, -0.2) is 4.39 Å². The van der Waals surface area contributed by atoms with E-state index in [1.165, 1.54) is 0 Å². The third-order valence-corrected chi connectivity index (χ3v) is 3.33. The summed E-state index contributed by atoms with van der Waals surface area (Å²) in [6.45, 7) is 4.47. The minimum absolute atomic E-state index is 0.535. The van der Waals surface area contributed by atoms with Crippen LogP contribution in [0.1, 0.15) is 13.3 Å². The second kappa shape index (κ2) is 7.91. The Morgan fingerprint density at radius 1 is 1.08 bits per heavy atom. The van der Waals surface area contributed by atoms with Crippen LogP contribution in [0.3, 0.4) is 0 Å². The van der Waals surface area contributed by atoms with Gasteiger partial charge in [0.1, 0.15) is 0 Å². The van der Waals surface area contributed by atoms with Crippen LogP contribution in [0.2, 0.25) is 0 Å². The standard InChI is InChI=1S/C7H7F9O3S.C3H7N/c1-2-3(8)4(9,10)5(11,12)6(13,14)7(15,16)20(17,18)19;1-2-3-4/h3H,2H2,1H3,(H,17,18,19);2H,1,3-4H2. The summed E-state index contributed by atoms with van der Waals surface area (Å²) in [6, 6.07) is 0. The molecule has 0 aromatic carbocycles. The largest absolute Gasteiger partial charge is 0.438 e. The lowest BCUT2D eigenvalue weighted by Crippen LogP contribution is -2.66. The fourth-order valence-corrected chi connectivity index (χ4v) is 1.46. The quantitative estimate of drug-likeness (QED) is 0.391. The molecule has 0 heterocycles. The van der Waals surface area contributed by atoms with Crippen molar-refractivity contribution in [3.8, 4) is 0 Å². The molecule has 4 nitrogen and oxygen atoms in total. The fourth-order valence-electron chi connectivity index (χ4n) is 1.01. The van der Waals surface area contributed by atoms with E-state index in [0.717, 1.165) is 0 Å². The molecular formula is C10H14F9NO3S. The van der Waals surface area contributed by atoms with Crippen LogP contribution >= 0.6 is 0 Å². The summed E-state index contributed by atoms with van der Waals surface area (Å²) in [5.41, 5.74) is 4.91. The number of rotatable bonds is 7. The predicted octanol–water partition coefficient (Wildman–Crippen LogP) is 3.25. The fraction of sp³-hybridized carbons (Fsp3) is 0.800. The molecular weight excluding hydrogens is 385 g/mol. The summed E-state index contributed by atoms with van der Waals surface area (Å²) in [6.07, 6.45) is -3.73. The number of alkyl halides is 9. The second-order valence-corrected chi connectivity index (χ2v) is 5.63. The van der Waals surface area contributed by atoms with Crippen molar-refractivity contribution >= 4 is 10.1 Å². The molecule has 0 aromatic rings. The molecule has 0 aliphatic heterocycles. The zero-order chi connectivity index (χ0) is 20.2. The second-order valence-electron chi connectivity index (χ2n) is 4.16. The molecule has 0 saturated heterocycles. The summed E-state index contributed by atoms with van der Waals surface area (Å²) in [4.78, 5) is 0. The molecule has 0 aliphatic carbocycles. The molecule has 24 heavy (non-hydrogen) atoms. The number of hydrogen-bond donors (Lipinski definition) is 2. The minimum Gasteiger partial charge on any atom is -0.327 e. The van der Waals surface area contributed by atoms with E-state index < -0.39 is 45.7 Å². The van der Waals surface area contributed by atoms with Crippen molar-refractivity contribution in [1.29, 1.82) is 0 Å². The third kappa shape index (κ3) is 4.33. The molecule has 0 rings (SSSR count). The number of nitrogens with two attached hydrogens (primary N) is 1. The van der Waals surface area contributed by atoms with Gasteiger partial charge in [-0.2, -0.15) is 43.5 Å². The van der Waals surface area contributed by atoms with Gasteiger partial charge in [0.15, 0.2) is 6.17 Å². The average molecular weight is 399 g/mol. The van der Waals surface area contributed by atoms with Crippen molar-refractivity contribution in [2.75, 3.05) is 6.54 Å². The molecule has 0 amide bonds. The number of halogens is 9. The Morgan fingerprint density at radius 2 is 1.42 bits per heavy atom. The van der Waals surface area contributed by atoms with Gasteiger partial charge >= 0.3 is 33.1 Å². The van der Waals surface area contributed by atoms with Crippen LogP contribution in [0.4, 0.5) is 39.5 Å². The zero-order valence-electron chi connectivity index (χ0n) is 11.9. The van der Waals surface area contributed by atoms with Crippen LogP contribution < -0.4 is 5.73 Å². The lowest BCUT2D eigenvalue weighted by Gasteiger charge is -2.36. The van der Waals surface area contributed by atoms with Crippen LogP contribution in [0, 0.1) is 0 Å². The third-order valence-electron chi connectivity index (χ3n) is 2.42. The van der Waals surface area contributed by atoms with E-state index in [2.05, 4.69) is 6.58 Å². The van der Waals surface area contributed by atoms with Gasteiger partial charge in [-0.3, -0.25) is 4.55 Å². The maximum Gasteiger partial charge on any atom is 0.438 e. The van der Waals surface area contributed by atoms with Gasteiger partial charge in [0.2, 0.25) is 0 Å². The van der Waals surface area contributed by atoms with Crippen molar-refractivity contribution < 1.29 is 52.5 Å². The Bertz CT molecular complexity index is 522. The van der Waals surface area contributed by atoms with Crippen LogP contribution in [0.5, 0.6) is 0 Å². The van der Waals surface area contributed by atoms with E-state index in [1.54, 1.807) is 6.08 Å². The van der Waals surface area contributed by atoms with E-state index in [4.69, 9.17) is 10.3 Å². The molecule has 0 saturated carbocycles. The average Bonchev–Trinajstić information content (AvgIpc) is 2.44. The topological polar surface area (TPSA) is 80.4 Å². The van der Waals surface area contributed by atoms with Crippen molar-refractivity contribution in [3.05, 3.63) is 12.7 Å². The first-order valence-corrected chi connectivity index (χ1v) is 7.27. The van der Waals surface area contributed by atoms with E-state index in [9.17, 15) is 47.9 Å². The molecule has 0 aliphatic rings. The van der Waals surface area contributed by atoms with Crippen LogP contribution in [0.25, 0.3) is 0 Å².